The number of benzene rings is 2. The van der Waals surface area contributed by atoms with Crippen molar-refractivity contribution in [1.29, 1.82) is 0 Å². The van der Waals surface area contributed by atoms with Crippen LogP contribution in [0.3, 0.4) is 0 Å². The first kappa shape index (κ1) is 24.3. The number of fused-ring (bicyclic) bond motifs is 2. The molecule has 0 N–H and O–H groups in total. The fraction of sp³-hybridized carbons (Fsp3) is 0.500. The Kier molecular flexibility index (Phi) is 6.42. The van der Waals surface area contributed by atoms with E-state index in [1.165, 1.54) is 24.0 Å². The molecule has 176 valence electrons. The van der Waals surface area contributed by atoms with Gasteiger partial charge in [0.25, 0.3) is 0 Å². The van der Waals surface area contributed by atoms with Crippen LogP contribution in [-0.2, 0) is 12.8 Å². The van der Waals surface area contributed by atoms with Gasteiger partial charge >= 0.3 is 0 Å². The van der Waals surface area contributed by atoms with Crippen LogP contribution in [0.2, 0.25) is 13.1 Å². The third-order valence-electron chi connectivity index (χ3n) is 8.15. The van der Waals surface area contributed by atoms with Gasteiger partial charge in [-0.25, -0.2) is 0 Å². The smallest absolute Gasteiger partial charge is 0.0658 e. The van der Waals surface area contributed by atoms with Gasteiger partial charge in [-0.3, -0.25) is 0 Å². The molecule has 2 aromatic rings. The van der Waals surface area contributed by atoms with E-state index in [9.17, 15) is 0 Å². The summed E-state index contributed by atoms with van der Waals surface area (Å²) in [5.41, 5.74) is 15.9. The van der Waals surface area contributed by atoms with E-state index < -0.39 is 8.07 Å². The first-order chi connectivity index (χ1) is 15.5. The first-order valence-electron chi connectivity index (χ1n) is 13.2. The van der Waals surface area contributed by atoms with E-state index in [0.29, 0.717) is 11.8 Å². The summed E-state index contributed by atoms with van der Waals surface area (Å²) in [6.07, 6.45) is 4.66. The normalized spacial score (nSPS) is 15.9. The van der Waals surface area contributed by atoms with Gasteiger partial charge in [0.2, 0.25) is 0 Å². The largest absolute Gasteiger partial charge is 0.113 e. The lowest BCUT2D eigenvalue weighted by Gasteiger charge is -2.33. The maximum atomic E-state index is 2.67. The zero-order chi connectivity index (χ0) is 24.2. The number of hydrogen-bond donors (Lipinski definition) is 0. The molecule has 0 atom stereocenters. The lowest BCUT2D eigenvalue weighted by atomic mass is 9.92. The molecule has 0 aliphatic heterocycles. The maximum absolute atomic E-state index is 2.67. The van der Waals surface area contributed by atoms with E-state index in [1.807, 2.05) is 0 Å². The minimum atomic E-state index is -1.94. The summed E-state index contributed by atoms with van der Waals surface area (Å²) in [5.74, 6) is 1.11. The maximum Gasteiger partial charge on any atom is 0.113 e. The Morgan fingerprint density at radius 1 is 0.667 bits per heavy atom. The Morgan fingerprint density at radius 3 is 1.33 bits per heavy atom. The molecule has 0 unspecified atom stereocenters. The predicted octanol–water partition coefficient (Wildman–Crippen LogP) is 9.48. The SMILES string of the molecule is CCC1=C([Si](C)(C)C2=C(CC)Cc3cc(C)cc(C(C)C)c32)c2c(cc(C)cc2C(C)C)C1. The Morgan fingerprint density at radius 2 is 1.03 bits per heavy atom. The molecule has 2 aliphatic rings. The topological polar surface area (TPSA) is 0 Å². The molecule has 0 spiro atoms. The highest BCUT2D eigenvalue weighted by molar-refractivity contribution is 7.09. The fourth-order valence-electron chi connectivity index (χ4n) is 6.81. The third kappa shape index (κ3) is 3.91. The van der Waals surface area contributed by atoms with E-state index in [2.05, 4.69) is 92.7 Å². The molecule has 4 rings (SSSR count). The highest BCUT2D eigenvalue weighted by Gasteiger charge is 2.43. The van der Waals surface area contributed by atoms with Gasteiger partial charge < -0.3 is 0 Å². The van der Waals surface area contributed by atoms with Crippen LogP contribution in [0.15, 0.2) is 35.4 Å². The monoisotopic (exact) mass is 456 g/mol. The molecule has 1 heteroatoms. The van der Waals surface area contributed by atoms with Gasteiger partial charge in [-0.05, 0) is 95.1 Å². The molecular weight excluding hydrogens is 412 g/mol. The van der Waals surface area contributed by atoms with E-state index in [4.69, 9.17) is 0 Å². The molecule has 0 nitrogen and oxygen atoms in total. The lowest BCUT2D eigenvalue weighted by molar-refractivity contribution is 0.859. The van der Waals surface area contributed by atoms with Gasteiger partial charge in [-0.1, -0.05) is 101 Å². The number of aryl methyl sites for hydroxylation is 2. The van der Waals surface area contributed by atoms with Crippen molar-refractivity contribution in [1.82, 2.24) is 0 Å². The Labute approximate surface area is 204 Å². The van der Waals surface area contributed by atoms with Crippen molar-refractivity contribution in [3.63, 3.8) is 0 Å². The number of rotatable bonds is 6. The third-order valence-corrected chi connectivity index (χ3v) is 11.9. The zero-order valence-electron chi connectivity index (χ0n) is 22.8. The summed E-state index contributed by atoms with van der Waals surface area (Å²) in [7, 11) is -1.94. The summed E-state index contributed by atoms with van der Waals surface area (Å²) in [6, 6.07) is 9.92. The van der Waals surface area contributed by atoms with Gasteiger partial charge in [-0.15, -0.1) is 0 Å². The average Bonchev–Trinajstić information content (AvgIpc) is 3.30. The quantitative estimate of drug-likeness (QED) is 0.380. The second kappa shape index (κ2) is 8.73. The van der Waals surface area contributed by atoms with Crippen molar-refractivity contribution >= 4 is 18.5 Å². The minimum absolute atomic E-state index is 0.555. The molecule has 0 fully saturated rings. The Hall–Kier alpha value is -1.86. The van der Waals surface area contributed by atoms with E-state index >= 15 is 0 Å². The molecule has 2 aromatic carbocycles. The van der Waals surface area contributed by atoms with Crippen molar-refractivity contribution in [2.24, 2.45) is 0 Å². The van der Waals surface area contributed by atoms with E-state index in [0.717, 1.165) is 12.8 Å². The summed E-state index contributed by atoms with van der Waals surface area (Å²) in [4.78, 5) is 0. The van der Waals surface area contributed by atoms with Gasteiger partial charge in [0.1, 0.15) is 8.07 Å². The van der Waals surface area contributed by atoms with Crippen LogP contribution in [0.25, 0.3) is 10.4 Å². The molecule has 33 heavy (non-hydrogen) atoms. The van der Waals surface area contributed by atoms with Gasteiger partial charge in [0.15, 0.2) is 0 Å². The highest BCUT2D eigenvalue weighted by Crippen LogP contribution is 2.52. The van der Waals surface area contributed by atoms with E-state index in [1.54, 1.807) is 54.9 Å². The Bertz CT molecular complexity index is 1080. The molecular formula is C32H44Si. The van der Waals surface area contributed by atoms with Gasteiger partial charge in [-0.2, -0.15) is 0 Å². The molecule has 0 heterocycles. The van der Waals surface area contributed by atoms with Crippen LogP contribution in [0.5, 0.6) is 0 Å². The summed E-state index contributed by atoms with van der Waals surface area (Å²) >= 11 is 0. The van der Waals surface area contributed by atoms with Gasteiger partial charge in [0.05, 0.1) is 0 Å². The number of allylic oxidation sites excluding steroid dienone is 2. The van der Waals surface area contributed by atoms with Crippen LogP contribution in [0.4, 0.5) is 0 Å². The van der Waals surface area contributed by atoms with Crippen LogP contribution in [-0.4, -0.2) is 8.07 Å². The molecule has 0 radical (unpaired) electrons. The molecule has 2 aliphatic carbocycles. The highest BCUT2D eigenvalue weighted by atomic mass is 28.3. The fourth-order valence-corrected chi connectivity index (χ4v) is 11.2. The molecule has 0 bridgehead atoms. The summed E-state index contributed by atoms with van der Waals surface area (Å²) in [5, 5.41) is 3.54. The second-order valence-electron chi connectivity index (χ2n) is 11.7. The Balaban J connectivity index is 2.01. The molecule has 0 saturated carbocycles. The van der Waals surface area contributed by atoms with Crippen molar-refractivity contribution < 1.29 is 0 Å². The average molecular weight is 457 g/mol. The van der Waals surface area contributed by atoms with Crippen LogP contribution < -0.4 is 0 Å². The standard InChI is InChI=1S/C32H44Si/c1-11-23-17-25-13-21(7)15-27(19(3)4)29(25)31(23)33(9,10)32-24(12-2)18-26-14-22(8)16-28(20(5)6)30(26)32/h13-16,19-20H,11-12,17-18H2,1-10H3. The molecule has 0 saturated heterocycles. The van der Waals surface area contributed by atoms with E-state index in [-0.39, 0.29) is 0 Å². The second-order valence-corrected chi connectivity index (χ2v) is 16.0. The van der Waals surface area contributed by atoms with Crippen molar-refractivity contribution in [3.8, 4) is 0 Å². The van der Waals surface area contributed by atoms with Crippen molar-refractivity contribution in [2.75, 3.05) is 0 Å². The van der Waals surface area contributed by atoms with Crippen molar-refractivity contribution in [3.05, 3.63) is 79.9 Å². The number of hydrogen-bond acceptors (Lipinski definition) is 0. The predicted molar refractivity (Wildman–Crippen MR) is 150 cm³/mol. The van der Waals surface area contributed by atoms with Crippen LogP contribution >= 0.6 is 0 Å². The lowest BCUT2D eigenvalue weighted by Crippen LogP contribution is -2.32. The summed E-state index contributed by atoms with van der Waals surface area (Å²) in [6.45, 7) is 24.2. The first-order valence-corrected chi connectivity index (χ1v) is 16.2. The molecule has 0 amide bonds. The summed E-state index contributed by atoms with van der Waals surface area (Å²) < 4.78 is 0. The van der Waals surface area contributed by atoms with Gasteiger partial charge in [0, 0.05) is 0 Å². The zero-order valence-corrected chi connectivity index (χ0v) is 23.8. The van der Waals surface area contributed by atoms with Crippen LogP contribution in [0, 0.1) is 13.8 Å². The molecule has 0 aromatic heterocycles. The van der Waals surface area contributed by atoms with Crippen molar-refractivity contribution in [2.45, 2.75) is 106 Å². The minimum Gasteiger partial charge on any atom is -0.0658 e. The van der Waals surface area contributed by atoms with Crippen LogP contribution in [0.1, 0.15) is 111 Å².